The van der Waals surface area contributed by atoms with Crippen molar-refractivity contribution in [2.75, 3.05) is 14.7 Å². The molecule has 0 fully saturated rings. The standard InChI is InChI=1S/C48H37N3/c1-7-21-38(22-8-1)47-33-19-20-34-48(47)51(43-31-17-6-18-32-43)46-36-44(49(39-23-9-2-10-24-39)40-25-11-3-12-26-40)35-45(37-46)50(41-27-13-4-14-28-41)42-29-15-5-16-30-42/h1-37H. The molecule has 0 atom stereocenters. The van der Waals surface area contributed by atoms with Crippen molar-refractivity contribution in [2.24, 2.45) is 0 Å². The first-order valence-corrected chi connectivity index (χ1v) is 17.3. The van der Waals surface area contributed by atoms with Crippen molar-refractivity contribution in [3.05, 3.63) is 224 Å². The number of hydrogen-bond donors (Lipinski definition) is 0. The highest BCUT2D eigenvalue weighted by Gasteiger charge is 2.23. The average Bonchev–Trinajstić information content (AvgIpc) is 3.21. The van der Waals surface area contributed by atoms with E-state index in [1.807, 2.05) is 0 Å². The van der Waals surface area contributed by atoms with E-state index in [-0.39, 0.29) is 0 Å². The molecule has 0 unspecified atom stereocenters. The highest BCUT2D eigenvalue weighted by atomic mass is 15.2. The van der Waals surface area contributed by atoms with Crippen molar-refractivity contribution in [2.45, 2.75) is 0 Å². The fraction of sp³-hybridized carbons (Fsp3) is 0. The Morgan fingerprint density at radius 3 is 0.863 bits per heavy atom. The molecule has 3 heteroatoms. The van der Waals surface area contributed by atoms with Crippen LogP contribution in [-0.4, -0.2) is 0 Å². The molecule has 51 heavy (non-hydrogen) atoms. The molecule has 0 radical (unpaired) electrons. The van der Waals surface area contributed by atoms with Gasteiger partial charge in [-0.15, -0.1) is 0 Å². The first kappa shape index (κ1) is 31.4. The van der Waals surface area contributed by atoms with E-state index in [9.17, 15) is 0 Å². The van der Waals surface area contributed by atoms with Crippen LogP contribution in [0.25, 0.3) is 11.1 Å². The fourth-order valence-corrected chi connectivity index (χ4v) is 6.70. The van der Waals surface area contributed by atoms with Crippen molar-refractivity contribution in [3.63, 3.8) is 0 Å². The lowest BCUT2D eigenvalue weighted by atomic mass is 10.0. The molecule has 0 saturated carbocycles. The maximum atomic E-state index is 2.39. The van der Waals surface area contributed by atoms with Crippen LogP contribution in [0.3, 0.4) is 0 Å². The third-order valence-electron chi connectivity index (χ3n) is 8.96. The quantitative estimate of drug-likeness (QED) is 0.145. The average molecular weight is 656 g/mol. The molecular weight excluding hydrogens is 619 g/mol. The van der Waals surface area contributed by atoms with Gasteiger partial charge in [0, 0.05) is 34.0 Å². The fourth-order valence-electron chi connectivity index (χ4n) is 6.70. The number of hydrogen-bond acceptors (Lipinski definition) is 3. The number of anilines is 9. The van der Waals surface area contributed by atoms with E-state index in [4.69, 9.17) is 0 Å². The van der Waals surface area contributed by atoms with Crippen LogP contribution in [0.5, 0.6) is 0 Å². The Labute approximate surface area is 300 Å². The van der Waals surface area contributed by atoms with Crippen LogP contribution >= 0.6 is 0 Å². The maximum Gasteiger partial charge on any atom is 0.0540 e. The summed E-state index contributed by atoms with van der Waals surface area (Å²) in [7, 11) is 0. The van der Waals surface area contributed by atoms with E-state index in [2.05, 4.69) is 239 Å². The number of nitrogens with zero attached hydrogens (tertiary/aromatic N) is 3. The summed E-state index contributed by atoms with van der Waals surface area (Å²) in [6.45, 7) is 0. The van der Waals surface area contributed by atoms with Gasteiger partial charge in [-0.05, 0) is 90.5 Å². The Morgan fingerprint density at radius 1 is 0.216 bits per heavy atom. The van der Waals surface area contributed by atoms with Gasteiger partial charge in [-0.3, -0.25) is 0 Å². The third kappa shape index (κ3) is 6.74. The van der Waals surface area contributed by atoms with Gasteiger partial charge in [-0.25, -0.2) is 0 Å². The molecule has 0 aliphatic rings. The van der Waals surface area contributed by atoms with E-state index in [1.54, 1.807) is 0 Å². The minimum atomic E-state index is 1.03. The summed E-state index contributed by atoms with van der Waals surface area (Å²) in [5.74, 6) is 0. The summed E-state index contributed by atoms with van der Waals surface area (Å²) in [6.07, 6.45) is 0. The molecule has 244 valence electrons. The highest BCUT2D eigenvalue weighted by Crippen LogP contribution is 2.47. The molecule has 0 saturated heterocycles. The normalized spacial score (nSPS) is 10.7. The maximum absolute atomic E-state index is 2.39. The minimum absolute atomic E-state index is 1.03. The molecule has 0 aromatic heterocycles. The summed E-state index contributed by atoms with van der Waals surface area (Å²) in [6, 6.07) is 79.4. The number of rotatable bonds is 10. The predicted molar refractivity (Wildman–Crippen MR) is 216 cm³/mol. The Kier molecular flexibility index (Phi) is 9.08. The number of benzene rings is 8. The smallest absolute Gasteiger partial charge is 0.0540 e. The Morgan fingerprint density at radius 2 is 0.490 bits per heavy atom. The highest BCUT2D eigenvalue weighted by molar-refractivity contribution is 5.92. The van der Waals surface area contributed by atoms with Crippen LogP contribution in [0.4, 0.5) is 51.2 Å². The largest absolute Gasteiger partial charge is 0.310 e. The molecule has 0 amide bonds. The van der Waals surface area contributed by atoms with Gasteiger partial charge in [0.25, 0.3) is 0 Å². The lowest BCUT2D eigenvalue weighted by molar-refractivity contribution is 1.22. The molecule has 0 N–H and O–H groups in total. The van der Waals surface area contributed by atoms with E-state index in [0.29, 0.717) is 0 Å². The zero-order chi connectivity index (χ0) is 34.2. The third-order valence-corrected chi connectivity index (χ3v) is 8.96. The number of para-hydroxylation sites is 6. The Hall–Kier alpha value is -6.84. The van der Waals surface area contributed by atoms with Crippen LogP contribution in [-0.2, 0) is 0 Å². The lowest BCUT2D eigenvalue weighted by Gasteiger charge is -2.33. The van der Waals surface area contributed by atoms with Gasteiger partial charge in [-0.2, -0.15) is 0 Å². The first-order valence-electron chi connectivity index (χ1n) is 17.3. The van der Waals surface area contributed by atoms with Crippen LogP contribution in [0, 0.1) is 0 Å². The molecule has 0 spiro atoms. The molecule has 0 bridgehead atoms. The van der Waals surface area contributed by atoms with E-state index >= 15 is 0 Å². The summed E-state index contributed by atoms with van der Waals surface area (Å²) in [5, 5.41) is 0. The summed E-state index contributed by atoms with van der Waals surface area (Å²) in [5.41, 5.74) is 11.9. The van der Waals surface area contributed by atoms with Gasteiger partial charge in [0.05, 0.1) is 22.7 Å². The second-order valence-corrected chi connectivity index (χ2v) is 12.3. The van der Waals surface area contributed by atoms with Gasteiger partial charge in [0.2, 0.25) is 0 Å². The van der Waals surface area contributed by atoms with E-state index < -0.39 is 0 Å². The predicted octanol–water partition coefficient (Wildman–Crippen LogP) is 13.8. The molecular formula is C48H37N3. The summed E-state index contributed by atoms with van der Waals surface area (Å²) < 4.78 is 0. The summed E-state index contributed by atoms with van der Waals surface area (Å²) in [4.78, 5) is 7.07. The molecule has 0 heterocycles. The van der Waals surface area contributed by atoms with Crippen LogP contribution < -0.4 is 14.7 Å². The lowest BCUT2D eigenvalue weighted by Crippen LogP contribution is -2.16. The second-order valence-electron chi connectivity index (χ2n) is 12.3. The zero-order valence-electron chi connectivity index (χ0n) is 28.2. The molecule has 0 aliphatic carbocycles. The zero-order valence-corrected chi connectivity index (χ0v) is 28.2. The molecule has 0 aliphatic heterocycles. The van der Waals surface area contributed by atoms with Crippen LogP contribution in [0.15, 0.2) is 224 Å². The van der Waals surface area contributed by atoms with Crippen molar-refractivity contribution < 1.29 is 0 Å². The molecule has 8 aromatic carbocycles. The van der Waals surface area contributed by atoms with Gasteiger partial charge < -0.3 is 14.7 Å². The summed E-state index contributed by atoms with van der Waals surface area (Å²) >= 11 is 0. The molecule has 8 rings (SSSR count). The Bertz CT molecular complexity index is 2110. The molecule has 8 aromatic rings. The minimum Gasteiger partial charge on any atom is -0.310 e. The van der Waals surface area contributed by atoms with E-state index in [1.165, 1.54) is 0 Å². The van der Waals surface area contributed by atoms with Gasteiger partial charge >= 0.3 is 0 Å². The van der Waals surface area contributed by atoms with Crippen molar-refractivity contribution >= 4 is 51.2 Å². The monoisotopic (exact) mass is 655 g/mol. The topological polar surface area (TPSA) is 9.72 Å². The van der Waals surface area contributed by atoms with E-state index in [0.717, 1.165) is 62.3 Å². The van der Waals surface area contributed by atoms with Gasteiger partial charge in [-0.1, -0.05) is 140 Å². The first-order chi connectivity index (χ1) is 25.3. The van der Waals surface area contributed by atoms with Gasteiger partial charge in [0.1, 0.15) is 0 Å². The van der Waals surface area contributed by atoms with Crippen molar-refractivity contribution in [3.8, 4) is 11.1 Å². The van der Waals surface area contributed by atoms with Crippen molar-refractivity contribution in [1.29, 1.82) is 0 Å². The van der Waals surface area contributed by atoms with Gasteiger partial charge in [0.15, 0.2) is 0 Å². The van der Waals surface area contributed by atoms with Crippen LogP contribution in [0.1, 0.15) is 0 Å². The SMILES string of the molecule is c1ccc(-c2ccccc2N(c2ccccc2)c2cc(N(c3ccccc3)c3ccccc3)cc(N(c3ccccc3)c3ccccc3)c2)cc1. The molecule has 3 nitrogen and oxygen atoms in total. The van der Waals surface area contributed by atoms with Crippen LogP contribution in [0.2, 0.25) is 0 Å². The Balaban J connectivity index is 1.44. The van der Waals surface area contributed by atoms with Crippen molar-refractivity contribution in [1.82, 2.24) is 0 Å². The second kappa shape index (κ2) is 14.7.